The molecule has 0 aliphatic heterocycles. The van der Waals surface area contributed by atoms with Crippen molar-refractivity contribution in [3.8, 4) is 0 Å². The Kier molecular flexibility index (Phi) is 8.69. The molecule has 1 atom stereocenters. The molecule has 0 amide bonds. The molecular weight excluding hydrogens is 314 g/mol. The highest BCUT2D eigenvalue weighted by Crippen LogP contribution is 2.38. The normalized spacial score (nSPS) is 17.7. The van der Waals surface area contributed by atoms with Crippen molar-refractivity contribution in [3.05, 3.63) is 0 Å². The van der Waals surface area contributed by atoms with Crippen molar-refractivity contribution in [1.29, 1.82) is 0 Å². The molecule has 1 rings (SSSR count). The van der Waals surface area contributed by atoms with Crippen LogP contribution in [0.1, 0.15) is 59.3 Å². The Morgan fingerprint density at radius 2 is 1.85 bits per heavy atom. The summed E-state index contributed by atoms with van der Waals surface area (Å²) in [7, 11) is 1.82. The predicted octanol–water partition coefficient (Wildman–Crippen LogP) is 4.71. The fraction of sp³-hybridized carbons (Fsp3) is 1.00. The van der Waals surface area contributed by atoms with Crippen molar-refractivity contribution in [2.24, 2.45) is 11.3 Å². The molecular formula is C17H34BrNO. The molecule has 1 aliphatic rings. The average molecular weight is 348 g/mol. The zero-order chi connectivity index (χ0) is 15.0. The zero-order valence-electron chi connectivity index (χ0n) is 14.0. The zero-order valence-corrected chi connectivity index (χ0v) is 15.5. The van der Waals surface area contributed by atoms with Gasteiger partial charge in [0.1, 0.15) is 0 Å². The average Bonchev–Trinajstić information content (AvgIpc) is 3.27. The van der Waals surface area contributed by atoms with Crippen LogP contribution in [0.15, 0.2) is 0 Å². The lowest BCUT2D eigenvalue weighted by molar-refractivity contribution is 0.0719. The summed E-state index contributed by atoms with van der Waals surface area (Å²) in [5.41, 5.74) is 0.445. The smallest absolute Gasteiger partial charge is 0.0589 e. The Morgan fingerprint density at radius 1 is 1.25 bits per heavy atom. The van der Waals surface area contributed by atoms with Gasteiger partial charge in [-0.05, 0) is 43.9 Å². The maximum atomic E-state index is 5.34. The minimum Gasteiger partial charge on any atom is -0.383 e. The highest BCUT2D eigenvalue weighted by atomic mass is 79.9. The summed E-state index contributed by atoms with van der Waals surface area (Å²) >= 11 is 3.82. The first-order chi connectivity index (χ1) is 9.62. The van der Waals surface area contributed by atoms with E-state index in [0.29, 0.717) is 5.41 Å². The van der Waals surface area contributed by atoms with Gasteiger partial charge in [0.05, 0.1) is 6.61 Å². The highest BCUT2D eigenvalue weighted by Gasteiger charge is 2.36. The Bertz CT molecular complexity index is 249. The van der Waals surface area contributed by atoms with E-state index >= 15 is 0 Å². The van der Waals surface area contributed by atoms with E-state index in [4.69, 9.17) is 4.74 Å². The fourth-order valence-electron chi connectivity index (χ4n) is 3.46. The Balaban J connectivity index is 2.70. The van der Waals surface area contributed by atoms with Crippen molar-refractivity contribution in [3.63, 3.8) is 0 Å². The molecule has 3 heteroatoms. The molecule has 2 nitrogen and oxygen atoms in total. The Hall–Kier alpha value is 0.400. The molecule has 1 unspecified atom stereocenters. The molecule has 0 aromatic rings. The summed E-state index contributed by atoms with van der Waals surface area (Å²) in [4.78, 5) is 2.70. The van der Waals surface area contributed by atoms with E-state index in [1.807, 2.05) is 7.11 Å². The molecule has 0 spiro atoms. The van der Waals surface area contributed by atoms with Gasteiger partial charge in [0.2, 0.25) is 0 Å². The van der Waals surface area contributed by atoms with Gasteiger partial charge in [0, 0.05) is 31.6 Å². The van der Waals surface area contributed by atoms with Gasteiger partial charge < -0.3 is 4.74 Å². The largest absolute Gasteiger partial charge is 0.383 e. The third-order valence-electron chi connectivity index (χ3n) is 4.85. The number of alkyl halides is 1. The van der Waals surface area contributed by atoms with E-state index in [1.165, 1.54) is 45.1 Å². The first-order valence-corrected chi connectivity index (χ1v) is 9.53. The van der Waals surface area contributed by atoms with Crippen LogP contribution >= 0.6 is 15.9 Å². The molecule has 0 radical (unpaired) electrons. The summed E-state index contributed by atoms with van der Waals surface area (Å²) in [6.45, 7) is 10.2. The third-order valence-corrected chi connectivity index (χ3v) is 6.03. The Labute approximate surface area is 134 Å². The van der Waals surface area contributed by atoms with Crippen LogP contribution in [0, 0.1) is 11.3 Å². The molecule has 0 N–H and O–H groups in total. The second kappa shape index (κ2) is 9.42. The highest BCUT2D eigenvalue weighted by molar-refractivity contribution is 9.09. The molecule has 0 heterocycles. The lowest BCUT2D eigenvalue weighted by atomic mass is 9.80. The van der Waals surface area contributed by atoms with Crippen molar-refractivity contribution in [2.75, 3.05) is 32.1 Å². The van der Waals surface area contributed by atoms with E-state index in [9.17, 15) is 0 Å². The van der Waals surface area contributed by atoms with Crippen LogP contribution in [0.25, 0.3) is 0 Å². The number of nitrogens with zero attached hydrogens (tertiary/aromatic N) is 1. The first kappa shape index (κ1) is 18.4. The molecule has 120 valence electrons. The molecule has 0 aromatic heterocycles. The quantitative estimate of drug-likeness (QED) is 0.474. The minimum atomic E-state index is 0.445. The molecule has 0 aromatic carbocycles. The number of halogens is 1. The van der Waals surface area contributed by atoms with Crippen molar-refractivity contribution in [2.45, 2.75) is 65.3 Å². The third kappa shape index (κ3) is 5.65. The molecule has 20 heavy (non-hydrogen) atoms. The van der Waals surface area contributed by atoms with Gasteiger partial charge in [-0.3, -0.25) is 4.90 Å². The van der Waals surface area contributed by atoms with Crippen LogP contribution in [-0.2, 0) is 4.74 Å². The van der Waals surface area contributed by atoms with E-state index in [1.54, 1.807) is 0 Å². The van der Waals surface area contributed by atoms with Gasteiger partial charge in [0.25, 0.3) is 0 Å². The van der Waals surface area contributed by atoms with E-state index in [-0.39, 0.29) is 0 Å². The van der Waals surface area contributed by atoms with Crippen molar-refractivity contribution >= 4 is 15.9 Å². The van der Waals surface area contributed by atoms with Crippen LogP contribution < -0.4 is 0 Å². The molecule has 1 fully saturated rings. The van der Waals surface area contributed by atoms with Gasteiger partial charge in [-0.25, -0.2) is 0 Å². The fourth-order valence-corrected chi connectivity index (χ4v) is 4.20. The summed E-state index contributed by atoms with van der Waals surface area (Å²) in [5.74, 6) is 0.933. The van der Waals surface area contributed by atoms with Gasteiger partial charge in [-0.1, -0.05) is 42.6 Å². The monoisotopic (exact) mass is 347 g/mol. The van der Waals surface area contributed by atoms with Gasteiger partial charge in [0.15, 0.2) is 0 Å². The van der Waals surface area contributed by atoms with Crippen molar-refractivity contribution < 1.29 is 4.74 Å². The van der Waals surface area contributed by atoms with Gasteiger partial charge >= 0.3 is 0 Å². The van der Waals surface area contributed by atoms with Crippen LogP contribution in [0.2, 0.25) is 0 Å². The molecule has 0 saturated heterocycles. The molecule has 1 saturated carbocycles. The standard InChI is InChI=1S/C17H34BrNO/c1-5-9-17(13-18,10-6-2)14-19(11-12-20-4)15(3)16-7-8-16/h15-16H,5-14H2,1-4H3. The summed E-state index contributed by atoms with van der Waals surface area (Å²) in [6.07, 6.45) is 8.06. The van der Waals surface area contributed by atoms with E-state index in [2.05, 4.69) is 41.6 Å². The van der Waals surface area contributed by atoms with E-state index < -0.39 is 0 Å². The number of rotatable bonds is 12. The SMILES string of the molecule is CCCC(CBr)(CCC)CN(CCOC)C(C)C1CC1. The predicted molar refractivity (Wildman–Crippen MR) is 91.7 cm³/mol. The number of hydrogen-bond donors (Lipinski definition) is 0. The van der Waals surface area contributed by atoms with Gasteiger partial charge in [-0.15, -0.1) is 0 Å². The lowest BCUT2D eigenvalue weighted by Gasteiger charge is -2.40. The van der Waals surface area contributed by atoms with Crippen LogP contribution in [0.5, 0.6) is 0 Å². The lowest BCUT2D eigenvalue weighted by Crippen LogP contribution is -2.45. The number of hydrogen-bond acceptors (Lipinski definition) is 2. The van der Waals surface area contributed by atoms with Crippen molar-refractivity contribution in [1.82, 2.24) is 4.90 Å². The maximum absolute atomic E-state index is 5.34. The Morgan fingerprint density at radius 3 is 2.25 bits per heavy atom. The summed E-state index contributed by atoms with van der Waals surface area (Å²) < 4.78 is 5.34. The second-order valence-corrected chi connectivity index (χ2v) is 7.24. The minimum absolute atomic E-state index is 0.445. The summed E-state index contributed by atoms with van der Waals surface area (Å²) in [6, 6.07) is 0.720. The number of ether oxygens (including phenoxy) is 1. The van der Waals surface area contributed by atoms with E-state index in [0.717, 1.165) is 30.4 Å². The van der Waals surface area contributed by atoms with Crippen LogP contribution in [0.4, 0.5) is 0 Å². The van der Waals surface area contributed by atoms with Crippen LogP contribution in [-0.4, -0.2) is 43.1 Å². The topological polar surface area (TPSA) is 12.5 Å². The first-order valence-electron chi connectivity index (χ1n) is 8.41. The number of methoxy groups -OCH3 is 1. The maximum Gasteiger partial charge on any atom is 0.0589 e. The molecule has 0 bridgehead atoms. The summed E-state index contributed by atoms with van der Waals surface area (Å²) in [5, 5.41) is 1.13. The van der Waals surface area contributed by atoms with Gasteiger partial charge in [-0.2, -0.15) is 0 Å². The molecule has 1 aliphatic carbocycles. The van der Waals surface area contributed by atoms with Crippen LogP contribution in [0.3, 0.4) is 0 Å². The second-order valence-electron chi connectivity index (χ2n) is 6.67.